The van der Waals surface area contributed by atoms with Gasteiger partial charge in [-0.25, -0.2) is 19.6 Å². The van der Waals surface area contributed by atoms with E-state index in [1.54, 1.807) is 7.11 Å². The number of aromatic amines is 2. The number of fused-ring (bicyclic) bond motifs is 6. The molecule has 0 saturated carbocycles. The standard InChI is InChI=1S/C54H68N8O10/c1-27-9-14-43(62(27)52(64)47(60-54(66)69-8)36-17-30(4)72-31(5)18-36)49-55-23-42(57-49)34-10-12-38-37(20-34)26-70-45-22-39-33(21-40(38)45)11-13-41-48(39)58-50(56-41)44-19-32(25-67-6)24-61(44)51(63)46(59-53(65)68-7)35-15-28(2)71-29(3)16-35/h10-13,20-23,27-32,35-36,43-44,46-47H,9,14-19,24-26H2,1-8H3,(H,55,57)(H,56,58)(H,59,65)(H,60,66)/t27-,28+,29+,30+,31+,32-,43-,44?,46-,47-/m0/s1. The summed E-state index contributed by atoms with van der Waals surface area (Å²) in [6.07, 6.45) is 5.11. The van der Waals surface area contributed by atoms with Crippen LogP contribution in [0.1, 0.15) is 109 Å². The van der Waals surface area contributed by atoms with E-state index in [2.05, 4.69) is 63.9 Å². The maximum absolute atomic E-state index is 14.7. The molecule has 18 nitrogen and oxygen atoms in total. The fraction of sp³-hybridized carbons (Fsp3) is 0.556. The summed E-state index contributed by atoms with van der Waals surface area (Å²) in [5, 5.41) is 7.74. The maximum atomic E-state index is 14.7. The lowest BCUT2D eigenvalue weighted by molar-refractivity contribution is -0.140. The van der Waals surface area contributed by atoms with E-state index in [4.69, 9.17) is 38.4 Å². The number of hydrogen-bond acceptors (Lipinski definition) is 12. The first-order valence-electron chi connectivity index (χ1n) is 25.6. The molecule has 384 valence electrons. The van der Waals surface area contributed by atoms with Gasteiger partial charge in [0, 0.05) is 36.6 Å². The van der Waals surface area contributed by atoms with Gasteiger partial charge in [-0.15, -0.1) is 0 Å². The molecule has 4 saturated heterocycles. The van der Waals surface area contributed by atoms with E-state index in [1.165, 1.54) is 14.2 Å². The Balaban J connectivity index is 0.899. The molecule has 2 aromatic heterocycles. The number of hydrogen-bond donors (Lipinski definition) is 4. The van der Waals surface area contributed by atoms with Gasteiger partial charge in [0.1, 0.15) is 36.1 Å². The monoisotopic (exact) mass is 989 g/mol. The lowest BCUT2D eigenvalue weighted by Crippen LogP contribution is -2.55. The van der Waals surface area contributed by atoms with Crippen LogP contribution in [0, 0.1) is 17.8 Å². The molecule has 7 heterocycles. The average molecular weight is 989 g/mol. The zero-order valence-corrected chi connectivity index (χ0v) is 42.5. The van der Waals surface area contributed by atoms with Gasteiger partial charge in [0.25, 0.3) is 0 Å². The summed E-state index contributed by atoms with van der Waals surface area (Å²) in [7, 11) is 4.30. The lowest BCUT2D eigenvalue weighted by Gasteiger charge is -2.39. The Kier molecular flexibility index (Phi) is 13.9. The number of nitrogens with one attached hydrogen (secondary N) is 4. The number of H-pyrrole nitrogens is 2. The summed E-state index contributed by atoms with van der Waals surface area (Å²) >= 11 is 0. The minimum atomic E-state index is -0.794. The number of imidazole rings is 2. The molecule has 4 fully saturated rings. The van der Waals surface area contributed by atoms with Gasteiger partial charge >= 0.3 is 12.2 Å². The Hall–Kier alpha value is -6.24. The molecule has 4 N–H and O–H groups in total. The van der Waals surface area contributed by atoms with E-state index in [0.29, 0.717) is 63.5 Å². The zero-order chi connectivity index (χ0) is 50.5. The quantitative estimate of drug-likeness (QED) is 0.0989. The van der Waals surface area contributed by atoms with E-state index < -0.39 is 24.3 Å². The summed E-state index contributed by atoms with van der Waals surface area (Å²) in [6, 6.07) is 12.4. The molecule has 4 amide bonds. The summed E-state index contributed by atoms with van der Waals surface area (Å²) in [6.45, 7) is 11.4. The molecule has 10 atom stereocenters. The van der Waals surface area contributed by atoms with Crippen LogP contribution in [0.15, 0.2) is 48.7 Å². The smallest absolute Gasteiger partial charge is 0.407 e. The normalized spacial score (nSPS) is 27.9. The highest BCUT2D eigenvalue weighted by atomic mass is 16.5. The Labute approximate surface area is 419 Å². The molecule has 5 aliphatic heterocycles. The highest BCUT2D eigenvalue weighted by Gasteiger charge is 2.46. The number of alkyl carbamates (subject to hydrolysis) is 2. The van der Waals surface area contributed by atoms with Crippen molar-refractivity contribution < 1.29 is 47.6 Å². The second-order valence-corrected chi connectivity index (χ2v) is 20.9. The molecule has 1 unspecified atom stereocenters. The highest BCUT2D eigenvalue weighted by Crippen LogP contribution is 2.45. The third-order valence-corrected chi connectivity index (χ3v) is 15.8. The van der Waals surface area contributed by atoms with Crippen LogP contribution in [-0.4, -0.2) is 131 Å². The second kappa shape index (κ2) is 20.3. The number of aromatic nitrogens is 4. The Morgan fingerprint density at radius 1 is 0.750 bits per heavy atom. The molecule has 18 heteroatoms. The molecule has 5 aliphatic rings. The molecule has 72 heavy (non-hydrogen) atoms. The van der Waals surface area contributed by atoms with Crippen LogP contribution in [0.2, 0.25) is 0 Å². The second-order valence-electron chi connectivity index (χ2n) is 20.9. The van der Waals surface area contributed by atoms with E-state index in [9.17, 15) is 19.2 Å². The number of rotatable bonds is 11. The van der Waals surface area contributed by atoms with E-state index in [1.807, 2.05) is 49.8 Å². The van der Waals surface area contributed by atoms with Gasteiger partial charge in [-0.2, -0.15) is 0 Å². The van der Waals surface area contributed by atoms with Crippen molar-refractivity contribution in [2.24, 2.45) is 17.8 Å². The molecule has 0 spiro atoms. The van der Waals surface area contributed by atoms with Crippen molar-refractivity contribution in [2.45, 2.75) is 141 Å². The SMILES string of the molecule is COC[C@H]1CC(c2nc3ccc4cc5c(cc4c3[nH]2)OCc2cc(-c3cnc([C@@H]4CC[C@H](C)N4C(=O)[C@@H](NC(=O)OC)C4C[C@@H](C)O[C@H](C)C4)[nH]3)ccc2-5)N(C(=O)[C@@H](NC(=O)OC)C2C[C@@H](C)O[C@H](C)C2)C1. The molecular weight excluding hydrogens is 921 g/mol. The molecular formula is C54H68N8O10. The summed E-state index contributed by atoms with van der Waals surface area (Å²) in [5.41, 5.74) is 6.49. The van der Waals surface area contributed by atoms with E-state index in [-0.39, 0.29) is 72.1 Å². The minimum absolute atomic E-state index is 0.0366. The van der Waals surface area contributed by atoms with Crippen LogP contribution in [0.3, 0.4) is 0 Å². The topological polar surface area (TPSA) is 212 Å². The fourth-order valence-electron chi connectivity index (χ4n) is 12.6. The van der Waals surface area contributed by atoms with E-state index in [0.717, 1.165) is 68.3 Å². The van der Waals surface area contributed by atoms with Crippen molar-refractivity contribution >= 4 is 45.8 Å². The predicted molar refractivity (Wildman–Crippen MR) is 268 cm³/mol. The summed E-state index contributed by atoms with van der Waals surface area (Å²) in [4.78, 5) is 75.5. The maximum Gasteiger partial charge on any atom is 0.407 e. The van der Waals surface area contributed by atoms with Gasteiger partial charge in [-0.3, -0.25) is 9.59 Å². The van der Waals surface area contributed by atoms with Gasteiger partial charge in [-0.1, -0.05) is 18.2 Å². The van der Waals surface area contributed by atoms with Gasteiger partial charge in [0.15, 0.2) is 0 Å². The highest BCUT2D eigenvalue weighted by molar-refractivity contribution is 6.07. The molecule has 10 rings (SSSR count). The minimum Gasteiger partial charge on any atom is -0.488 e. The number of amides is 4. The number of carbonyl (C=O) groups excluding carboxylic acids is 4. The first kappa shape index (κ1) is 49.3. The first-order chi connectivity index (χ1) is 34.7. The van der Waals surface area contributed by atoms with Crippen LogP contribution < -0.4 is 15.4 Å². The van der Waals surface area contributed by atoms with Crippen molar-refractivity contribution in [1.29, 1.82) is 0 Å². The number of likely N-dealkylation sites (tertiary alicyclic amines) is 2. The van der Waals surface area contributed by atoms with Crippen molar-refractivity contribution in [3.05, 3.63) is 65.9 Å². The van der Waals surface area contributed by atoms with Crippen LogP contribution >= 0.6 is 0 Å². The molecule has 5 aromatic rings. The number of benzene rings is 3. The lowest BCUT2D eigenvalue weighted by atomic mass is 9.85. The number of methoxy groups -OCH3 is 3. The van der Waals surface area contributed by atoms with Crippen molar-refractivity contribution in [2.75, 3.05) is 34.5 Å². The third-order valence-electron chi connectivity index (χ3n) is 15.8. The third kappa shape index (κ3) is 9.60. The van der Waals surface area contributed by atoms with Crippen LogP contribution in [-0.2, 0) is 39.9 Å². The largest absolute Gasteiger partial charge is 0.488 e. The zero-order valence-electron chi connectivity index (χ0n) is 42.5. The van der Waals surface area contributed by atoms with Gasteiger partial charge in [-0.05, 0) is 138 Å². The fourth-order valence-corrected chi connectivity index (χ4v) is 12.6. The summed E-state index contributed by atoms with van der Waals surface area (Å²) in [5.74, 6) is 1.66. The molecule has 3 aromatic carbocycles. The Bertz CT molecular complexity index is 2830. The Morgan fingerprint density at radius 2 is 1.42 bits per heavy atom. The molecule has 0 radical (unpaired) electrons. The van der Waals surface area contributed by atoms with Gasteiger partial charge in [0.2, 0.25) is 11.8 Å². The Morgan fingerprint density at radius 3 is 2.07 bits per heavy atom. The summed E-state index contributed by atoms with van der Waals surface area (Å²) < 4.78 is 34.1. The van der Waals surface area contributed by atoms with Crippen molar-refractivity contribution in [3.63, 3.8) is 0 Å². The van der Waals surface area contributed by atoms with E-state index >= 15 is 0 Å². The predicted octanol–water partition coefficient (Wildman–Crippen LogP) is 8.11. The number of ether oxygens (including phenoxy) is 6. The number of nitrogens with zero attached hydrogens (tertiary/aromatic N) is 4. The van der Waals surface area contributed by atoms with Crippen molar-refractivity contribution in [3.8, 4) is 28.1 Å². The van der Waals surface area contributed by atoms with Gasteiger partial charge < -0.3 is 58.8 Å². The first-order valence-corrected chi connectivity index (χ1v) is 25.6. The van der Waals surface area contributed by atoms with Crippen molar-refractivity contribution in [1.82, 2.24) is 40.4 Å². The van der Waals surface area contributed by atoms with Crippen LogP contribution in [0.5, 0.6) is 5.75 Å². The average Bonchev–Trinajstić information content (AvgIpc) is 4.19. The molecule has 0 bridgehead atoms. The van der Waals surface area contributed by atoms with Crippen LogP contribution in [0.25, 0.3) is 44.2 Å². The van der Waals surface area contributed by atoms with Gasteiger partial charge in [0.05, 0.1) is 80.3 Å². The molecule has 0 aliphatic carbocycles. The number of carbonyl (C=O) groups is 4. The van der Waals surface area contributed by atoms with Crippen LogP contribution in [0.4, 0.5) is 9.59 Å².